The fraction of sp³-hybridized carbons (Fsp3) is 0.300. The molecular weight excluding hydrogens is 412 g/mol. The molecule has 0 radical (unpaired) electrons. The topological polar surface area (TPSA) is 67.9 Å². The maximum Gasteiger partial charge on any atom is 0.337 e. The zero-order valence-corrected chi connectivity index (χ0v) is 16.6. The van der Waals surface area contributed by atoms with Gasteiger partial charge in [0.15, 0.2) is 0 Å². The molecule has 0 aliphatic carbocycles. The maximum absolute atomic E-state index is 12.4. The van der Waals surface area contributed by atoms with Gasteiger partial charge in [-0.3, -0.25) is 9.69 Å². The van der Waals surface area contributed by atoms with Crippen molar-refractivity contribution in [1.29, 1.82) is 0 Å². The van der Waals surface area contributed by atoms with Gasteiger partial charge in [0.05, 0.1) is 31.9 Å². The number of hydrogen-bond donors (Lipinski definition) is 1. The number of halogens is 1. The van der Waals surface area contributed by atoms with E-state index in [0.717, 1.165) is 10.0 Å². The summed E-state index contributed by atoms with van der Waals surface area (Å²) in [7, 11) is 1.34. The number of esters is 1. The Bertz CT molecular complexity index is 810. The molecule has 0 aromatic heterocycles. The molecule has 3 rings (SSSR count). The number of ether oxygens (including phenoxy) is 2. The fourth-order valence-electron chi connectivity index (χ4n) is 2.97. The van der Waals surface area contributed by atoms with E-state index in [1.54, 1.807) is 24.3 Å². The van der Waals surface area contributed by atoms with Gasteiger partial charge in [0.2, 0.25) is 5.91 Å². The van der Waals surface area contributed by atoms with Crippen molar-refractivity contribution in [2.24, 2.45) is 0 Å². The van der Waals surface area contributed by atoms with Crippen molar-refractivity contribution >= 4 is 33.5 Å². The van der Waals surface area contributed by atoms with Gasteiger partial charge in [-0.1, -0.05) is 28.1 Å². The molecular formula is C20H21BrN2O4. The van der Waals surface area contributed by atoms with Crippen molar-refractivity contribution in [3.8, 4) is 0 Å². The molecule has 0 bridgehead atoms. The Morgan fingerprint density at radius 3 is 2.74 bits per heavy atom. The van der Waals surface area contributed by atoms with E-state index in [4.69, 9.17) is 4.74 Å². The third-order valence-electron chi connectivity index (χ3n) is 4.33. The molecule has 0 spiro atoms. The molecule has 1 aliphatic heterocycles. The summed E-state index contributed by atoms with van der Waals surface area (Å²) in [5, 5.41) is 2.86. The molecule has 1 heterocycles. The minimum Gasteiger partial charge on any atom is -0.465 e. The number of rotatable bonds is 5. The number of carbonyl (C=O) groups is 2. The van der Waals surface area contributed by atoms with Crippen LogP contribution >= 0.6 is 15.9 Å². The molecule has 7 heteroatoms. The third kappa shape index (κ3) is 5.38. The second-order valence-electron chi connectivity index (χ2n) is 6.27. The summed E-state index contributed by atoms with van der Waals surface area (Å²) in [6.45, 7) is 2.23. The number of nitrogens with one attached hydrogen (secondary N) is 1. The van der Waals surface area contributed by atoms with Gasteiger partial charge in [-0.15, -0.1) is 0 Å². The first-order valence-corrected chi connectivity index (χ1v) is 9.42. The Labute approximate surface area is 166 Å². The van der Waals surface area contributed by atoms with Crippen LogP contribution in [0.15, 0.2) is 53.0 Å². The van der Waals surface area contributed by atoms with Gasteiger partial charge >= 0.3 is 5.97 Å². The van der Waals surface area contributed by atoms with Gasteiger partial charge in [0.1, 0.15) is 0 Å². The van der Waals surface area contributed by atoms with Gasteiger partial charge in [0, 0.05) is 23.2 Å². The van der Waals surface area contributed by atoms with Gasteiger partial charge < -0.3 is 14.8 Å². The number of hydrogen-bond acceptors (Lipinski definition) is 5. The lowest BCUT2D eigenvalue weighted by atomic mass is 10.1. The van der Waals surface area contributed by atoms with Crippen molar-refractivity contribution in [2.75, 3.05) is 38.7 Å². The highest BCUT2D eigenvalue weighted by molar-refractivity contribution is 9.10. The number of morpholine rings is 1. The largest absolute Gasteiger partial charge is 0.465 e. The minimum atomic E-state index is -0.403. The minimum absolute atomic E-state index is 0.0524. The summed E-state index contributed by atoms with van der Waals surface area (Å²) in [6.07, 6.45) is -0.0524. The van der Waals surface area contributed by atoms with E-state index in [1.807, 2.05) is 24.3 Å². The lowest BCUT2D eigenvalue weighted by molar-refractivity contribution is -0.119. The van der Waals surface area contributed by atoms with E-state index in [0.29, 0.717) is 30.9 Å². The zero-order chi connectivity index (χ0) is 19.2. The Hall–Kier alpha value is -2.22. The van der Waals surface area contributed by atoms with E-state index in [1.165, 1.54) is 7.11 Å². The monoisotopic (exact) mass is 432 g/mol. The molecule has 6 nitrogen and oxygen atoms in total. The average molecular weight is 433 g/mol. The van der Waals surface area contributed by atoms with Crippen molar-refractivity contribution in [2.45, 2.75) is 6.10 Å². The molecule has 1 fully saturated rings. The fourth-order valence-corrected chi connectivity index (χ4v) is 3.38. The molecule has 0 saturated carbocycles. The summed E-state index contributed by atoms with van der Waals surface area (Å²) in [5.74, 6) is -0.504. The molecule has 27 heavy (non-hydrogen) atoms. The first-order valence-electron chi connectivity index (χ1n) is 8.63. The Morgan fingerprint density at radius 1 is 1.26 bits per heavy atom. The smallest absolute Gasteiger partial charge is 0.337 e. The molecule has 2 aromatic carbocycles. The highest BCUT2D eigenvalue weighted by atomic mass is 79.9. The highest BCUT2D eigenvalue weighted by Crippen LogP contribution is 2.24. The zero-order valence-electron chi connectivity index (χ0n) is 15.0. The van der Waals surface area contributed by atoms with Crippen LogP contribution in [0.2, 0.25) is 0 Å². The Balaban J connectivity index is 1.55. The van der Waals surface area contributed by atoms with Gasteiger partial charge in [-0.25, -0.2) is 4.79 Å². The highest BCUT2D eigenvalue weighted by Gasteiger charge is 2.23. The van der Waals surface area contributed by atoms with Crippen LogP contribution in [0, 0.1) is 0 Å². The normalized spacial score (nSPS) is 17.3. The van der Waals surface area contributed by atoms with Crippen LogP contribution in [0.1, 0.15) is 22.0 Å². The van der Waals surface area contributed by atoms with Gasteiger partial charge in [-0.05, 0) is 42.0 Å². The Morgan fingerprint density at radius 2 is 2.04 bits per heavy atom. The second kappa shape index (κ2) is 9.12. The first kappa shape index (κ1) is 19.5. The van der Waals surface area contributed by atoms with Crippen molar-refractivity contribution in [3.63, 3.8) is 0 Å². The molecule has 1 atom stereocenters. The molecule has 1 aliphatic rings. The predicted molar refractivity (Wildman–Crippen MR) is 106 cm³/mol. The molecule has 1 unspecified atom stereocenters. The molecule has 1 saturated heterocycles. The number of amides is 1. The summed E-state index contributed by atoms with van der Waals surface area (Å²) in [4.78, 5) is 25.9. The van der Waals surface area contributed by atoms with E-state index < -0.39 is 5.97 Å². The van der Waals surface area contributed by atoms with Gasteiger partial charge in [-0.2, -0.15) is 0 Å². The number of anilines is 1. The second-order valence-corrected chi connectivity index (χ2v) is 7.18. The van der Waals surface area contributed by atoms with Crippen LogP contribution in [0.5, 0.6) is 0 Å². The summed E-state index contributed by atoms with van der Waals surface area (Å²) in [5.41, 5.74) is 2.18. The van der Waals surface area contributed by atoms with Crippen LogP contribution < -0.4 is 5.32 Å². The summed E-state index contributed by atoms with van der Waals surface area (Å²) < 4.78 is 11.5. The van der Waals surface area contributed by atoms with Crippen molar-refractivity contribution in [3.05, 3.63) is 64.1 Å². The van der Waals surface area contributed by atoms with E-state index in [9.17, 15) is 9.59 Å². The standard InChI is InChI=1S/C20H21BrN2O4/c1-26-20(25)14-5-7-17(8-6-14)22-19(24)13-23-9-10-27-18(12-23)15-3-2-4-16(21)11-15/h2-8,11,18H,9-10,12-13H2,1H3,(H,22,24). The molecule has 142 valence electrons. The quantitative estimate of drug-likeness (QED) is 0.734. The lowest BCUT2D eigenvalue weighted by Crippen LogP contribution is -2.42. The number of nitrogens with zero attached hydrogens (tertiary/aromatic N) is 1. The predicted octanol–water partition coefficient (Wildman–Crippen LogP) is 3.25. The van der Waals surface area contributed by atoms with Crippen LogP contribution in [0.4, 0.5) is 5.69 Å². The van der Waals surface area contributed by atoms with Crippen LogP contribution in [0.3, 0.4) is 0 Å². The molecule has 1 amide bonds. The van der Waals surface area contributed by atoms with E-state index >= 15 is 0 Å². The summed E-state index contributed by atoms with van der Waals surface area (Å²) >= 11 is 3.48. The van der Waals surface area contributed by atoms with Crippen LogP contribution in [-0.4, -0.2) is 50.1 Å². The SMILES string of the molecule is COC(=O)c1ccc(NC(=O)CN2CCOC(c3cccc(Br)c3)C2)cc1. The Kier molecular flexibility index (Phi) is 6.60. The molecule has 1 N–H and O–H groups in total. The lowest BCUT2D eigenvalue weighted by Gasteiger charge is -2.32. The average Bonchev–Trinajstić information content (AvgIpc) is 2.68. The maximum atomic E-state index is 12.4. The number of benzene rings is 2. The van der Waals surface area contributed by atoms with Crippen LogP contribution in [-0.2, 0) is 14.3 Å². The van der Waals surface area contributed by atoms with E-state index in [-0.39, 0.29) is 18.6 Å². The first-order chi connectivity index (χ1) is 13.0. The number of carbonyl (C=O) groups excluding carboxylic acids is 2. The third-order valence-corrected chi connectivity index (χ3v) is 4.82. The van der Waals surface area contributed by atoms with E-state index in [2.05, 4.69) is 30.9 Å². The van der Waals surface area contributed by atoms with Crippen LogP contribution in [0.25, 0.3) is 0 Å². The summed E-state index contributed by atoms with van der Waals surface area (Å²) in [6, 6.07) is 14.6. The van der Waals surface area contributed by atoms with Gasteiger partial charge in [0.25, 0.3) is 0 Å². The number of methoxy groups -OCH3 is 1. The van der Waals surface area contributed by atoms with Crippen molar-refractivity contribution in [1.82, 2.24) is 4.90 Å². The van der Waals surface area contributed by atoms with Crippen molar-refractivity contribution < 1.29 is 19.1 Å². The molecule has 2 aromatic rings.